The van der Waals surface area contributed by atoms with Crippen molar-refractivity contribution in [2.24, 2.45) is 0 Å². The Morgan fingerprint density at radius 3 is 2.72 bits per heavy atom. The Bertz CT molecular complexity index is 1240. The molecule has 148 valence electrons. The number of aromatic nitrogens is 4. The zero-order valence-electron chi connectivity index (χ0n) is 15.4. The average molecular weight is 447 g/mol. The number of hydrogen-bond acceptors (Lipinski definition) is 6. The molecule has 0 saturated carbocycles. The predicted molar refractivity (Wildman–Crippen MR) is 115 cm³/mol. The first kappa shape index (κ1) is 19.9. The standard InChI is InChI=1S/C20H16Cl2N4O2S/c1-12-23-18(28-25-12)11-29-20-24-17-5-3-2-4-15(17)19(27)26(20)9-8-13-6-7-14(21)10-16(13)22/h2-7,10H,8-9,11H2,1H3. The predicted octanol–water partition coefficient (Wildman–Crippen LogP) is 4.93. The van der Waals surface area contributed by atoms with Gasteiger partial charge in [0.15, 0.2) is 11.0 Å². The number of nitrogens with zero attached hydrogens (tertiary/aromatic N) is 4. The van der Waals surface area contributed by atoms with E-state index in [2.05, 4.69) is 15.1 Å². The molecule has 0 fully saturated rings. The Hall–Kier alpha value is -2.35. The average Bonchev–Trinajstić information content (AvgIpc) is 3.12. The van der Waals surface area contributed by atoms with Crippen LogP contribution in [-0.2, 0) is 18.7 Å². The van der Waals surface area contributed by atoms with Crippen molar-refractivity contribution in [3.05, 3.63) is 80.1 Å². The second-order valence-electron chi connectivity index (χ2n) is 6.38. The molecule has 29 heavy (non-hydrogen) atoms. The van der Waals surface area contributed by atoms with E-state index >= 15 is 0 Å². The van der Waals surface area contributed by atoms with Crippen LogP contribution in [0.1, 0.15) is 17.3 Å². The highest BCUT2D eigenvalue weighted by Crippen LogP contribution is 2.24. The van der Waals surface area contributed by atoms with E-state index in [0.717, 1.165) is 5.56 Å². The zero-order chi connectivity index (χ0) is 20.4. The molecule has 9 heteroatoms. The first-order valence-corrected chi connectivity index (χ1v) is 10.6. The van der Waals surface area contributed by atoms with Crippen molar-refractivity contribution in [1.82, 2.24) is 19.7 Å². The first-order valence-electron chi connectivity index (χ1n) is 8.87. The third-order valence-corrected chi connectivity index (χ3v) is 5.89. The fourth-order valence-electron chi connectivity index (χ4n) is 2.94. The Labute approximate surface area is 180 Å². The summed E-state index contributed by atoms with van der Waals surface area (Å²) in [5, 5.41) is 6.12. The van der Waals surface area contributed by atoms with Gasteiger partial charge in [0, 0.05) is 16.6 Å². The van der Waals surface area contributed by atoms with Crippen molar-refractivity contribution in [3.8, 4) is 0 Å². The minimum atomic E-state index is -0.0927. The molecular formula is C20H16Cl2N4O2S. The monoisotopic (exact) mass is 446 g/mol. The van der Waals surface area contributed by atoms with Gasteiger partial charge in [-0.15, -0.1) is 0 Å². The van der Waals surface area contributed by atoms with Gasteiger partial charge in [-0.05, 0) is 43.2 Å². The Kier molecular flexibility index (Phi) is 5.89. The van der Waals surface area contributed by atoms with E-state index in [1.165, 1.54) is 11.8 Å². The molecule has 0 spiro atoms. The number of rotatable bonds is 6. The molecule has 2 aromatic heterocycles. The minimum absolute atomic E-state index is 0.0927. The number of halogens is 2. The molecule has 2 heterocycles. The number of aryl methyl sites for hydroxylation is 2. The van der Waals surface area contributed by atoms with Crippen molar-refractivity contribution in [1.29, 1.82) is 0 Å². The van der Waals surface area contributed by atoms with E-state index in [-0.39, 0.29) is 5.56 Å². The zero-order valence-corrected chi connectivity index (χ0v) is 17.8. The summed E-state index contributed by atoms with van der Waals surface area (Å²) in [7, 11) is 0. The fourth-order valence-corrected chi connectivity index (χ4v) is 4.30. The summed E-state index contributed by atoms with van der Waals surface area (Å²) in [6.45, 7) is 2.20. The van der Waals surface area contributed by atoms with Crippen LogP contribution in [0.15, 0.2) is 56.9 Å². The van der Waals surface area contributed by atoms with Gasteiger partial charge in [-0.25, -0.2) is 4.98 Å². The largest absolute Gasteiger partial charge is 0.338 e. The molecule has 0 saturated heterocycles. The molecule has 4 aromatic rings. The van der Waals surface area contributed by atoms with Gasteiger partial charge in [0.2, 0.25) is 5.89 Å². The molecule has 0 atom stereocenters. The van der Waals surface area contributed by atoms with Crippen LogP contribution >= 0.6 is 35.0 Å². The van der Waals surface area contributed by atoms with Gasteiger partial charge >= 0.3 is 0 Å². The Morgan fingerprint density at radius 1 is 1.14 bits per heavy atom. The highest BCUT2D eigenvalue weighted by molar-refractivity contribution is 7.98. The SMILES string of the molecule is Cc1noc(CSc2nc3ccccc3c(=O)n2CCc2ccc(Cl)cc2Cl)n1. The van der Waals surface area contributed by atoms with Gasteiger partial charge in [0.25, 0.3) is 5.56 Å². The summed E-state index contributed by atoms with van der Waals surface area (Å²) in [4.78, 5) is 22.0. The van der Waals surface area contributed by atoms with Gasteiger partial charge in [-0.1, -0.05) is 58.3 Å². The second kappa shape index (κ2) is 8.57. The van der Waals surface area contributed by atoms with Gasteiger partial charge in [-0.3, -0.25) is 9.36 Å². The molecule has 2 aromatic carbocycles. The number of fused-ring (bicyclic) bond motifs is 1. The fraction of sp³-hybridized carbons (Fsp3) is 0.200. The first-order chi connectivity index (χ1) is 14.0. The molecule has 6 nitrogen and oxygen atoms in total. The lowest BCUT2D eigenvalue weighted by atomic mass is 10.1. The van der Waals surface area contributed by atoms with E-state index in [1.54, 1.807) is 29.7 Å². The topological polar surface area (TPSA) is 73.8 Å². The lowest BCUT2D eigenvalue weighted by molar-refractivity contribution is 0.387. The lowest BCUT2D eigenvalue weighted by Gasteiger charge is -2.13. The third-order valence-electron chi connectivity index (χ3n) is 4.34. The third kappa shape index (κ3) is 4.47. The van der Waals surface area contributed by atoms with E-state index in [4.69, 9.17) is 27.7 Å². The summed E-state index contributed by atoms with van der Waals surface area (Å²) in [5.74, 6) is 1.48. The number of para-hydroxylation sites is 1. The van der Waals surface area contributed by atoms with Crippen LogP contribution in [0.4, 0.5) is 0 Å². The van der Waals surface area contributed by atoms with Crippen LogP contribution in [0.2, 0.25) is 10.0 Å². The molecule has 0 unspecified atom stereocenters. The van der Waals surface area contributed by atoms with E-state index < -0.39 is 0 Å². The smallest absolute Gasteiger partial charge is 0.262 e. The maximum Gasteiger partial charge on any atom is 0.262 e. The maximum atomic E-state index is 13.1. The quantitative estimate of drug-likeness (QED) is 0.308. The van der Waals surface area contributed by atoms with Crippen LogP contribution in [0.3, 0.4) is 0 Å². The summed E-state index contributed by atoms with van der Waals surface area (Å²) < 4.78 is 6.84. The molecular weight excluding hydrogens is 431 g/mol. The van der Waals surface area contributed by atoms with Gasteiger partial charge in [-0.2, -0.15) is 4.98 Å². The summed E-state index contributed by atoms with van der Waals surface area (Å²) in [6.07, 6.45) is 0.573. The minimum Gasteiger partial charge on any atom is -0.338 e. The van der Waals surface area contributed by atoms with Crippen LogP contribution in [0.25, 0.3) is 10.9 Å². The van der Waals surface area contributed by atoms with Crippen molar-refractivity contribution >= 4 is 45.9 Å². The highest BCUT2D eigenvalue weighted by Gasteiger charge is 2.14. The number of thioether (sulfide) groups is 1. The van der Waals surface area contributed by atoms with Gasteiger partial charge < -0.3 is 4.52 Å². The molecule has 0 radical (unpaired) electrons. The molecule has 0 N–H and O–H groups in total. The van der Waals surface area contributed by atoms with E-state index in [1.807, 2.05) is 24.3 Å². The molecule has 0 aliphatic rings. The molecule has 0 bridgehead atoms. The Morgan fingerprint density at radius 2 is 1.97 bits per heavy atom. The van der Waals surface area contributed by atoms with Crippen molar-refractivity contribution < 1.29 is 4.52 Å². The van der Waals surface area contributed by atoms with Crippen molar-refractivity contribution in [2.75, 3.05) is 0 Å². The Balaban J connectivity index is 1.67. The normalized spacial score (nSPS) is 11.3. The van der Waals surface area contributed by atoms with Crippen LogP contribution in [0.5, 0.6) is 0 Å². The van der Waals surface area contributed by atoms with Crippen molar-refractivity contribution in [3.63, 3.8) is 0 Å². The lowest BCUT2D eigenvalue weighted by Crippen LogP contribution is -2.24. The molecule has 0 aliphatic heterocycles. The molecule has 0 aliphatic carbocycles. The van der Waals surface area contributed by atoms with Gasteiger partial charge in [0.05, 0.1) is 16.7 Å². The van der Waals surface area contributed by atoms with Gasteiger partial charge in [0.1, 0.15) is 0 Å². The van der Waals surface area contributed by atoms with Crippen molar-refractivity contribution in [2.45, 2.75) is 30.8 Å². The number of hydrogen-bond donors (Lipinski definition) is 0. The second-order valence-corrected chi connectivity index (χ2v) is 8.16. The van der Waals surface area contributed by atoms with Crippen LogP contribution < -0.4 is 5.56 Å². The summed E-state index contributed by atoms with van der Waals surface area (Å²) in [6, 6.07) is 12.7. The molecule has 0 amide bonds. The molecule has 4 rings (SSSR count). The van der Waals surface area contributed by atoms with Crippen LogP contribution in [-0.4, -0.2) is 19.7 Å². The van der Waals surface area contributed by atoms with E-state index in [9.17, 15) is 4.79 Å². The van der Waals surface area contributed by atoms with E-state index in [0.29, 0.717) is 56.5 Å². The summed E-state index contributed by atoms with van der Waals surface area (Å²) >= 11 is 13.7. The van der Waals surface area contributed by atoms with Crippen LogP contribution in [0, 0.1) is 6.92 Å². The maximum absolute atomic E-state index is 13.1. The number of benzene rings is 2. The highest BCUT2D eigenvalue weighted by atomic mass is 35.5. The summed E-state index contributed by atoms with van der Waals surface area (Å²) in [5.41, 5.74) is 1.48.